The molecule has 0 unspecified atom stereocenters. The zero-order chi connectivity index (χ0) is 11.6. The van der Waals surface area contributed by atoms with Crippen molar-refractivity contribution < 1.29 is 9.84 Å². The smallest absolute Gasteiger partial charge is 0.162 e. The maximum Gasteiger partial charge on any atom is 0.162 e. The van der Waals surface area contributed by atoms with Gasteiger partial charge in [-0.05, 0) is 32.8 Å². The Kier molecular flexibility index (Phi) is 3.06. The van der Waals surface area contributed by atoms with Gasteiger partial charge in [-0.1, -0.05) is 12.1 Å². The second-order valence-corrected chi connectivity index (χ2v) is 4.61. The van der Waals surface area contributed by atoms with Crippen LogP contribution < -0.4 is 10.1 Å². The molecule has 1 aliphatic rings. The average molecular weight is 221 g/mol. The Morgan fingerprint density at radius 1 is 1.44 bits per heavy atom. The molecule has 0 aliphatic heterocycles. The van der Waals surface area contributed by atoms with Gasteiger partial charge in [0.1, 0.15) is 0 Å². The first-order valence-electron chi connectivity index (χ1n) is 5.83. The highest BCUT2D eigenvalue weighted by Crippen LogP contribution is 2.36. The van der Waals surface area contributed by atoms with Gasteiger partial charge in [0.2, 0.25) is 0 Å². The first-order chi connectivity index (χ1) is 7.64. The summed E-state index contributed by atoms with van der Waals surface area (Å²) in [5.41, 5.74) is 1.19. The second-order valence-electron chi connectivity index (χ2n) is 4.61. The normalized spacial score (nSPS) is 17.1. The summed E-state index contributed by atoms with van der Waals surface area (Å²) in [6.45, 7) is 5.39. The fourth-order valence-electron chi connectivity index (χ4n) is 1.66. The van der Waals surface area contributed by atoms with E-state index in [4.69, 9.17) is 4.74 Å². The third-order valence-electron chi connectivity index (χ3n) is 3.09. The second kappa shape index (κ2) is 4.34. The molecule has 0 amide bonds. The van der Waals surface area contributed by atoms with Crippen LogP contribution in [-0.2, 0) is 6.54 Å². The highest BCUT2D eigenvalue weighted by atomic mass is 16.5. The van der Waals surface area contributed by atoms with E-state index in [1.165, 1.54) is 12.8 Å². The van der Waals surface area contributed by atoms with E-state index in [0.29, 0.717) is 18.9 Å². The summed E-state index contributed by atoms with van der Waals surface area (Å²) in [6.07, 6.45) is 2.44. The Morgan fingerprint density at radius 3 is 2.81 bits per heavy atom. The van der Waals surface area contributed by atoms with Crippen molar-refractivity contribution in [1.82, 2.24) is 5.32 Å². The van der Waals surface area contributed by atoms with Gasteiger partial charge in [0, 0.05) is 17.6 Å². The lowest BCUT2D eigenvalue weighted by atomic mass is 10.1. The standard InChI is InChI=1S/C13H19NO2/c1-3-16-11-6-4-5-10(12(11)15)9-14-13(2)7-8-13/h4-6,14-15H,3,7-9H2,1-2H3. The summed E-state index contributed by atoms with van der Waals surface area (Å²) in [5, 5.41) is 13.4. The van der Waals surface area contributed by atoms with E-state index in [1.54, 1.807) is 6.07 Å². The summed E-state index contributed by atoms with van der Waals surface area (Å²) >= 11 is 0. The van der Waals surface area contributed by atoms with Crippen molar-refractivity contribution in [3.63, 3.8) is 0 Å². The van der Waals surface area contributed by atoms with Crippen molar-refractivity contribution >= 4 is 0 Å². The number of nitrogens with one attached hydrogen (secondary N) is 1. The third kappa shape index (κ3) is 2.47. The quantitative estimate of drug-likeness (QED) is 0.802. The molecule has 1 fully saturated rings. The van der Waals surface area contributed by atoms with Crippen LogP contribution in [0.4, 0.5) is 0 Å². The van der Waals surface area contributed by atoms with Crippen LogP contribution in [0, 0.1) is 0 Å². The summed E-state index contributed by atoms with van der Waals surface area (Å²) < 4.78 is 5.35. The molecule has 1 aliphatic carbocycles. The Balaban J connectivity index is 2.05. The van der Waals surface area contributed by atoms with Crippen LogP contribution in [0.1, 0.15) is 32.3 Å². The highest BCUT2D eigenvalue weighted by Gasteiger charge is 2.36. The van der Waals surface area contributed by atoms with Crippen LogP contribution in [0.3, 0.4) is 0 Å². The molecule has 88 valence electrons. The number of phenolic OH excluding ortho intramolecular Hbond substituents is 1. The van der Waals surface area contributed by atoms with E-state index in [9.17, 15) is 5.11 Å². The molecule has 2 N–H and O–H groups in total. The van der Waals surface area contributed by atoms with Crippen molar-refractivity contribution in [3.8, 4) is 11.5 Å². The molecule has 16 heavy (non-hydrogen) atoms. The maximum absolute atomic E-state index is 9.97. The molecule has 0 aromatic heterocycles. The fraction of sp³-hybridized carbons (Fsp3) is 0.538. The van der Waals surface area contributed by atoms with Crippen LogP contribution in [0.15, 0.2) is 18.2 Å². The van der Waals surface area contributed by atoms with E-state index in [1.807, 2.05) is 19.1 Å². The molecule has 3 nitrogen and oxygen atoms in total. The Labute approximate surface area is 96.4 Å². The first-order valence-corrected chi connectivity index (χ1v) is 5.83. The van der Waals surface area contributed by atoms with Crippen LogP contribution in [0.5, 0.6) is 11.5 Å². The van der Waals surface area contributed by atoms with E-state index in [2.05, 4.69) is 12.2 Å². The fourth-order valence-corrected chi connectivity index (χ4v) is 1.66. The number of rotatable bonds is 5. The zero-order valence-corrected chi connectivity index (χ0v) is 9.92. The monoisotopic (exact) mass is 221 g/mol. The van der Waals surface area contributed by atoms with Gasteiger partial charge in [0.25, 0.3) is 0 Å². The number of phenols is 1. The highest BCUT2D eigenvalue weighted by molar-refractivity contribution is 5.45. The Bertz CT molecular complexity index is 372. The Morgan fingerprint density at radius 2 is 2.19 bits per heavy atom. The minimum Gasteiger partial charge on any atom is -0.504 e. The van der Waals surface area contributed by atoms with Gasteiger partial charge in [-0.25, -0.2) is 0 Å². The molecule has 2 rings (SSSR count). The largest absolute Gasteiger partial charge is 0.504 e. The molecule has 1 aromatic rings. The first kappa shape index (κ1) is 11.3. The van der Waals surface area contributed by atoms with Crippen LogP contribution in [0.25, 0.3) is 0 Å². The summed E-state index contributed by atoms with van der Waals surface area (Å²) in [7, 11) is 0. The topological polar surface area (TPSA) is 41.5 Å². The van der Waals surface area contributed by atoms with Gasteiger partial charge in [-0.15, -0.1) is 0 Å². The van der Waals surface area contributed by atoms with Crippen LogP contribution in [-0.4, -0.2) is 17.3 Å². The molecule has 0 bridgehead atoms. The van der Waals surface area contributed by atoms with Crippen LogP contribution in [0.2, 0.25) is 0 Å². The predicted molar refractivity (Wildman–Crippen MR) is 63.8 cm³/mol. The number of hydrogen-bond donors (Lipinski definition) is 2. The van der Waals surface area contributed by atoms with E-state index in [0.717, 1.165) is 5.56 Å². The molecule has 0 saturated heterocycles. The molecule has 1 saturated carbocycles. The number of para-hydroxylation sites is 1. The van der Waals surface area contributed by atoms with Gasteiger partial charge in [-0.2, -0.15) is 0 Å². The summed E-state index contributed by atoms with van der Waals surface area (Å²) in [4.78, 5) is 0. The minimum atomic E-state index is 0.265. The van der Waals surface area contributed by atoms with Crippen molar-refractivity contribution in [2.24, 2.45) is 0 Å². The molecule has 0 radical (unpaired) electrons. The summed E-state index contributed by atoms with van der Waals surface area (Å²) in [6, 6.07) is 5.63. The molecule has 1 aromatic carbocycles. The van der Waals surface area contributed by atoms with E-state index < -0.39 is 0 Å². The van der Waals surface area contributed by atoms with Crippen molar-refractivity contribution in [2.75, 3.05) is 6.61 Å². The van der Waals surface area contributed by atoms with E-state index in [-0.39, 0.29) is 11.3 Å². The SMILES string of the molecule is CCOc1cccc(CNC2(C)CC2)c1O. The van der Waals surface area contributed by atoms with Crippen molar-refractivity contribution in [3.05, 3.63) is 23.8 Å². The predicted octanol–water partition coefficient (Wildman–Crippen LogP) is 2.43. The lowest BCUT2D eigenvalue weighted by molar-refractivity contribution is 0.316. The molecular formula is C13H19NO2. The van der Waals surface area contributed by atoms with Gasteiger partial charge in [-0.3, -0.25) is 0 Å². The van der Waals surface area contributed by atoms with Gasteiger partial charge in [0.05, 0.1) is 6.61 Å². The van der Waals surface area contributed by atoms with Gasteiger partial charge in [0.15, 0.2) is 11.5 Å². The lowest BCUT2D eigenvalue weighted by Crippen LogP contribution is -2.26. The minimum absolute atomic E-state index is 0.265. The number of benzene rings is 1. The molecule has 0 spiro atoms. The Hall–Kier alpha value is -1.22. The molecule has 0 heterocycles. The van der Waals surface area contributed by atoms with Gasteiger partial charge >= 0.3 is 0 Å². The number of ether oxygens (including phenoxy) is 1. The van der Waals surface area contributed by atoms with Crippen molar-refractivity contribution in [1.29, 1.82) is 0 Å². The van der Waals surface area contributed by atoms with Crippen molar-refractivity contribution in [2.45, 2.75) is 38.8 Å². The number of aromatic hydroxyl groups is 1. The molecular weight excluding hydrogens is 202 g/mol. The molecule has 0 atom stereocenters. The zero-order valence-electron chi connectivity index (χ0n) is 9.92. The number of hydrogen-bond acceptors (Lipinski definition) is 3. The third-order valence-corrected chi connectivity index (χ3v) is 3.09. The maximum atomic E-state index is 9.97. The average Bonchev–Trinajstić information content (AvgIpc) is 2.99. The molecule has 3 heteroatoms. The van der Waals surface area contributed by atoms with Crippen LogP contribution >= 0.6 is 0 Å². The lowest BCUT2D eigenvalue weighted by Gasteiger charge is -2.14. The van der Waals surface area contributed by atoms with Gasteiger partial charge < -0.3 is 15.2 Å². The van der Waals surface area contributed by atoms with E-state index >= 15 is 0 Å². The summed E-state index contributed by atoms with van der Waals surface area (Å²) in [5.74, 6) is 0.837.